The lowest BCUT2D eigenvalue weighted by molar-refractivity contribution is 0.436. The largest absolute Gasteiger partial charge is 0.457 e. The van der Waals surface area contributed by atoms with E-state index in [1.165, 1.54) is 66.8 Å². The first-order chi connectivity index (χ1) is 31.8. The Labute approximate surface area is 374 Å². The molecule has 0 radical (unpaired) electrons. The minimum atomic E-state index is -0.600. The zero-order valence-corrected chi connectivity index (χ0v) is 35.0. The second-order valence-corrected chi connectivity index (χ2v) is 17.1. The van der Waals surface area contributed by atoms with Crippen molar-refractivity contribution in [2.45, 2.75) is 10.8 Å². The van der Waals surface area contributed by atoms with Gasteiger partial charge in [0.25, 0.3) is 0 Å². The van der Waals surface area contributed by atoms with Crippen LogP contribution >= 0.6 is 0 Å². The number of hydrogen-bond donors (Lipinski definition) is 0. The van der Waals surface area contributed by atoms with Gasteiger partial charge >= 0.3 is 0 Å². The van der Waals surface area contributed by atoms with E-state index in [-0.39, 0.29) is 0 Å². The lowest BCUT2D eigenvalue weighted by atomic mass is 9.66. The smallest absolute Gasteiger partial charge is 0.132 e. The molecule has 10 aromatic carbocycles. The van der Waals surface area contributed by atoms with Crippen LogP contribution in [-0.4, -0.2) is 0 Å². The molecule has 2 aliphatic carbocycles. The van der Waals surface area contributed by atoms with Gasteiger partial charge in [-0.2, -0.15) is 0 Å². The molecule has 0 N–H and O–H groups in total. The van der Waals surface area contributed by atoms with Crippen molar-refractivity contribution in [1.82, 2.24) is 0 Å². The number of rotatable bonds is 6. The molecule has 0 saturated carbocycles. The number of ether oxygens (including phenoxy) is 1. The van der Waals surface area contributed by atoms with E-state index in [2.05, 4.69) is 254 Å². The van der Waals surface area contributed by atoms with Gasteiger partial charge in [-0.15, -0.1) is 0 Å². The van der Waals surface area contributed by atoms with Crippen LogP contribution in [-0.2, 0) is 10.8 Å². The number of para-hydroxylation sites is 2. The summed E-state index contributed by atoms with van der Waals surface area (Å²) in [5, 5.41) is 0. The number of benzene rings is 10. The first kappa shape index (κ1) is 36.5. The normalized spacial score (nSPS) is 14.0. The Bertz CT molecular complexity index is 3320. The highest BCUT2D eigenvalue weighted by molar-refractivity contribution is 5.99. The second kappa shape index (κ2) is 14.2. The molecule has 13 rings (SSSR count). The summed E-state index contributed by atoms with van der Waals surface area (Å²) in [4.78, 5) is 2.50. The Morgan fingerprint density at radius 2 is 0.766 bits per heavy atom. The fourth-order valence-corrected chi connectivity index (χ4v) is 11.5. The zero-order valence-electron chi connectivity index (χ0n) is 35.0. The second-order valence-electron chi connectivity index (χ2n) is 17.1. The molecular formula is C62H41NO. The molecule has 0 aromatic heterocycles. The molecule has 300 valence electrons. The predicted molar refractivity (Wildman–Crippen MR) is 261 cm³/mol. The van der Waals surface area contributed by atoms with Crippen molar-refractivity contribution in [2.75, 3.05) is 4.90 Å². The van der Waals surface area contributed by atoms with Crippen molar-refractivity contribution < 1.29 is 4.74 Å². The maximum absolute atomic E-state index is 6.72. The average Bonchev–Trinajstić information content (AvgIpc) is 3.84. The van der Waals surface area contributed by atoms with E-state index in [1.807, 2.05) is 0 Å². The molecule has 64 heavy (non-hydrogen) atoms. The van der Waals surface area contributed by atoms with Gasteiger partial charge in [0.2, 0.25) is 0 Å². The van der Waals surface area contributed by atoms with E-state index < -0.39 is 10.8 Å². The Kier molecular flexibility index (Phi) is 8.07. The fourth-order valence-electron chi connectivity index (χ4n) is 11.5. The van der Waals surface area contributed by atoms with Gasteiger partial charge in [0, 0.05) is 28.1 Å². The Morgan fingerprint density at radius 1 is 0.297 bits per heavy atom. The first-order valence-corrected chi connectivity index (χ1v) is 22.2. The van der Waals surface area contributed by atoms with Gasteiger partial charge in [-0.05, 0) is 104 Å². The molecule has 10 aromatic rings. The average molecular weight is 816 g/mol. The number of anilines is 3. The van der Waals surface area contributed by atoms with Gasteiger partial charge < -0.3 is 9.64 Å². The Balaban J connectivity index is 1.11. The predicted octanol–water partition coefficient (Wildman–Crippen LogP) is 15.7. The lowest BCUT2D eigenvalue weighted by Gasteiger charge is -2.39. The van der Waals surface area contributed by atoms with Crippen LogP contribution in [0, 0.1) is 0 Å². The van der Waals surface area contributed by atoms with E-state index in [1.54, 1.807) is 0 Å². The quantitative estimate of drug-likeness (QED) is 0.166. The molecule has 0 unspecified atom stereocenters. The molecule has 2 nitrogen and oxygen atoms in total. The van der Waals surface area contributed by atoms with Crippen LogP contribution in [0.4, 0.5) is 17.1 Å². The summed E-state index contributed by atoms with van der Waals surface area (Å²) < 4.78 is 6.72. The van der Waals surface area contributed by atoms with Crippen molar-refractivity contribution in [3.8, 4) is 44.9 Å². The topological polar surface area (TPSA) is 12.5 Å². The van der Waals surface area contributed by atoms with Crippen molar-refractivity contribution in [1.29, 1.82) is 0 Å². The monoisotopic (exact) mass is 815 g/mol. The fraction of sp³-hybridized carbons (Fsp3) is 0.0323. The van der Waals surface area contributed by atoms with E-state index >= 15 is 0 Å². The molecule has 0 fully saturated rings. The summed E-state index contributed by atoms with van der Waals surface area (Å²) in [5.41, 5.74) is 19.4. The van der Waals surface area contributed by atoms with Gasteiger partial charge in [-0.25, -0.2) is 0 Å². The van der Waals surface area contributed by atoms with Gasteiger partial charge in [0.05, 0.1) is 16.5 Å². The third-order valence-electron chi connectivity index (χ3n) is 14.0. The number of nitrogens with zero attached hydrogens (tertiary/aromatic N) is 1. The van der Waals surface area contributed by atoms with Gasteiger partial charge in [-0.3, -0.25) is 0 Å². The molecule has 1 aliphatic heterocycles. The van der Waals surface area contributed by atoms with E-state index in [0.717, 1.165) is 39.7 Å². The molecule has 3 aliphatic rings. The van der Waals surface area contributed by atoms with Gasteiger partial charge in [-0.1, -0.05) is 206 Å². The Morgan fingerprint density at radius 3 is 1.41 bits per heavy atom. The van der Waals surface area contributed by atoms with Crippen LogP contribution in [0.5, 0.6) is 11.5 Å². The first-order valence-electron chi connectivity index (χ1n) is 22.2. The van der Waals surface area contributed by atoms with Gasteiger partial charge in [0.15, 0.2) is 0 Å². The summed E-state index contributed by atoms with van der Waals surface area (Å²) in [7, 11) is 0. The maximum atomic E-state index is 6.72. The molecular weight excluding hydrogens is 775 g/mol. The van der Waals surface area contributed by atoms with Crippen LogP contribution in [0.1, 0.15) is 44.5 Å². The zero-order chi connectivity index (χ0) is 42.2. The van der Waals surface area contributed by atoms with Crippen LogP contribution in [0.3, 0.4) is 0 Å². The van der Waals surface area contributed by atoms with Crippen molar-refractivity contribution in [3.05, 3.63) is 293 Å². The number of hydrogen-bond acceptors (Lipinski definition) is 2. The highest BCUT2D eigenvalue weighted by atomic mass is 16.5. The van der Waals surface area contributed by atoms with Crippen LogP contribution in [0.2, 0.25) is 0 Å². The summed E-state index contributed by atoms with van der Waals surface area (Å²) in [6.07, 6.45) is 0. The lowest BCUT2D eigenvalue weighted by Crippen LogP contribution is -2.32. The van der Waals surface area contributed by atoms with E-state index in [4.69, 9.17) is 4.74 Å². The summed E-state index contributed by atoms with van der Waals surface area (Å²) in [6, 6.07) is 91.3. The standard InChI is InChI=1S/C62H41NO/c1-4-19-42(20-5-1)43-35-37-46(38-36-43)63(57-32-18-31-55-60(57)50-26-11-13-28-52(50)61(55,44-21-6-2-7-22-44)45-23-8-3-9-24-45)47-39-40-49-48-25-10-12-27-51(48)62(56(49)41-47)53-29-14-16-33-58(53)64-59-34-17-15-30-54(59)62/h1-41H. The van der Waals surface area contributed by atoms with Gasteiger partial charge in [0.1, 0.15) is 11.5 Å². The third kappa shape index (κ3) is 5.02. The van der Waals surface area contributed by atoms with Crippen molar-refractivity contribution in [3.63, 3.8) is 0 Å². The molecule has 1 spiro atoms. The highest BCUT2D eigenvalue weighted by Crippen LogP contribution is 2.64. The van der Waals surface area contributed by atoms with Crippen molar-refractivity contribution >= 4 is 17.1 Å². The van der Waals surface area contributed by atoms with E-state index in [9.17, 15) is 0 Å². The maximum Gasteiger partial charge on any atom is 0.132 e. The molecule has 1 heterocycles. The summed E-state index contributed by atoms with van der Waals surface area (Å²) >= 11 is 0. The molecule has 0 saturated heterocycles. The summed E-state index contributed by atoms with van der Waals surface area (Å²) in [6.45, 7) is 0. The minimum absolute atomic E-state index is 0.535. The SMILES string of the molecule is c1ccc(-c2ccc(N(c3ccc4c(c3)C3(c5ccccc5Oc5ccccc53)c3ccccc3-4)c3cccc4c3-c3ccccc3C4(c3ccccc3)c3ccccc3)cc2)cc1. The van der Waals surface area contributed by atoms with Crippen LogP contribution < -0.4 is 9.64 Å². The molecule has 0 atom stereocenters. The molecule has 2 heteroatoms. The third-order valence-corrected chi connectivity index (χ3v) is 14.0. The minimum Gasteiger partial charge on any atom is -0.457 e. The van der Waals surface area contributed by atoms with Crippen LogP contribution in [0.25, 0.3) is 33.4 Å². The number of fused-ring (bicyclic) bond motifs is 12. The Hall–Kier alpha value is -8.20. The molecule has 0 amide bonds. The highest BCUT2D eigenvalue weighted by Gasteiger charge is 2.52. The molecule has 0 bridgehead atoms. The van der Waals surface area contributed by atoms with E-state index in [0.29, 0.717) is 0 Å². The van der Waals surface area contributed by atoms with Crippen molar-refractivity contribution in [2.24, 2.45) is 0 Å². The summed E-state index contributed by atoms with van der Waals surface area (Å²) in [5.74, 6) is 1.77. The van der Waals surface area contributed by atoms with Crippen LogP contribution in [0.15, 0.2) is 249 Å².